The maximum Gasteiger partial charge on any atom is 0.130 e. The lowest BCUT2D eigenvalue weighted by Crippen LogP contribution is -2.20. The number of rotatable bonds is 2. The van der Waals surface area contributed by atoms with Crippen molar-refractivity contribution >= 4 is 17.5 Å². The highest BCUT2D eigenvalue weighted by Crippen LogP contribution is 2.23. The number of nitrogens with zero attached hydrogens (tertiary/aromatic N) is 2. The molecular formula is C18H17FN2. The zero-order valence-corrected chi connectivity index (χ0v) is 12.0. The van der Waals surface area contributed by atoms with Crippen molar-refractivity contribution in [1.29, 1.82) is 0 Å². The minimum atomic E-state index is -0.214. The molecule has 0 bridgehead atoms. The van der Waals surface area contributed by atoms with Crippen LogP contribution in [0.2, 0.25) is 0 Å². The van der Waals surface area contributed by atoms with E-state index in [4.69, 9.17) is 0 Å². The number of halogens is 1. The van der Waals surface area contributed by atoms with Crippen LogP contribution in [0.15, 0.2) is 59.6 Å². The Hall–Kier alpha value is -2.42. The van der Waals surface area contributed by atoms with E-state index in [1.807, 2.05) is 24.3 Å². The van der Waals surface area contributed by atoms with Crippen molar-refractivity contribution in [3.8, 4) is 0 Å². The number of hydrogen-bond donors (Lipinski definition) is 0. The predicted molar refractivity (Wildman–Crippen MR) is 86.6 cm³/mol. The Kier molecular flexibility index (Phi) is 3.82. The molecule has 0 N–H and O–H groups in total. The van der Waals surface area contributed by atoms with Crippen LogP contribution < -0.4 is 4.90 Å². The van der Waals surface area contributed by atoms with Gasteiger partial charge in [-0.3, -0.25) is 4.99 Å². The third kappa shape index (κ3) is 2.87. The number of hydrogen-bond acceptors (Lipinski definition) is 2. The normalized spacial score (nSPS) is 14.8. The summed E-state index contributed by atoms with van der Waals surface area (Å²) in [5.74, 6) is -0.214. The molecule has 0 saturated heterocycles. The second-order valence-electron chi connectivity index (χ2n) is 5.06. The molecule has 0 spiro atoms. The number of aliphatic imine (C=N–C) groups is 1. The molecule has 0 saturated carbocycles. The quantitative estimate of drug-likeness (QED) is 0.817. The van der Waals surface area contributed by atoms with Gasteiger partial charge in [0, 0.05) is 30.4 Å². The van der Waals surface area contributed by atoms with Gasteiger partial charge in [0.05, 0.1) is 12.3 Å². The highest BCUT2D eigenvalue weighted by atomic mass is 19.1. The van der Waals surface area contributed by atoms with Crippen LogP contribution in [-0.4, -0.2) is 25.8 Å². The van der Waals surface area contributed by atoms with Crippen LogP contribution in [-0.2, 0) is 0 Å². The van der Waals surface area contributed by atoms with Crippen molar-refractivity contribution < 1.29 is 4.39 Å². The second kappa shape index (κ2) is 5.92. The summed E-state index contributed by atoms with van der Waals surface area (Å²) in [4.78, 5) is 6.82. The van der Waals surface area contributed by atoms with Crippen LogP contribution >= 0.6 is 0 Å². The summed E-state index contributed by atoms with van der Waals surface area (Å²) < 4.78 is 13.7. The first-order valence-corrected chi connectivity index (χ1v) is 7.03. The second-order valence-corrected chi connectivity index (χ2v) is 5.06. The van der Waals surface area contributed by atoms with Crippen molar-refractivity contribution in [2.45, 2.75) is 0 Å². The van der Waals surface area contributed by atoms with E-state index >= 15 is 0 Å². The molecule has 0 aromatic heterocycles. The number of anilines is 1. The number of para-hydroxylation sites is 1. The Bertz CT molecular complexity index is 704. The number of likely N-dealkylation sites (N-methyl/N-ethyl adjacent to an activating group) is 1. The lowest BCUT2D eigenvalue weighted by atomic mass is 10.1. The van der Waals surface area contributed by atoms with E-state index in [9.17, 15) is 4.39 Å². The summed E-state index contributed by atoms with van der Waals surface area (Å²) in [6.45, 7) is 1.62. The van der Waals surface area contributed by atoms with Crippen LogP contribution in [0.3, 0.4) is 0 Å². The van der Waals surface area contributed by atoms with Gasteiger partial charge >= 0.3 is 0 Å². The van der Waals surface area contributed by atoms with Gasteiger partial charge in [-0.05, 0) is 24.3 Å². The molecule has 2 aromatic rings. The number of benzene rings is 2. The molecule has 3 heteroatoms. The third-order valence-corrected chi connectivity index (χ3v) is 3.63. The first-order chi connectivity index (χ1) is 10.3. The molecule has 1 heterocycles. The minimum Gasteiger partial charge on any atom is -0.372 e. The zero-order chi connectivity index (χ0) is 14.7. The summed E-state index contributed by atoms with van der Waals surface area (Å²) in [5.41, 5.74) is 3.73. The van der Waals surface area contributed by atoms with Crippen LogP contribution in [0, 0.1) is 5.82 Å². The van der Waals surface area contributed by atoms with Gasteiger partial charge in [0.25, 0.3) is 0 Å². The van der Waals surface area contributed by atoms with Gasteiger partial charge in [-0.25, -0.2) is 4.39 Å². The lowest BCUT2D eigenvalue weighted by Gasteiger charge is -2.18. The van der Waals surface area contributed by atoms with Gasteiger partial charge in [-0.2, -0.15) is 0 Å². The maximum atomic E-state index is 13.7. The zero-order valence-electron chi connectivity index (χ0n) is 12.0. The molecule has 3 rings (SSSR count). The first-order valence-electron chi connectivity index (χ1n) is 7.03. The Morgan fingerprint density at radius 1 is 1.05 bits per heavy atom. The molecule has 106 valence electrons. The summed E-state index contributed by atoms with van der Waals surface area (Å²) in [6, 6.07) is 14.9. The van der Waals surface area contributed by atoms with Crippen molar-refractivity contribution in [2.75, 3.05) is 25.0 Å². The molecule has 0 amide bonds. The topological polar surface area (TPSA) is 15.6 Å². The predicted octanol–water partition coefficient (Wildman–Crippen LogP) is 3.78. The molecule has 1 aliphatic rings. The van der Waals surface area contributed by atoms with Gasteiger partial charge in [0.2, 0.25) is 0 Å². The number of fused-ring (bicyclic) bond motifs is 1. The van der Waals surface area contributed by atoms with Gasteiger partial charge in [-0.1, -0.05) is 36.4 Å². The Balaban J connectivity index is 1.97. The molecule has 0 aliphatic carbocycles. The first kappa shape index (κ1) is 13.6. The largest absolute Gasteiger partial charge is 0.372 e. The van der Waals surface area contributed by atoms with Gasteiger partial charge < -0.3 is 4.90 Å². The van der Waals surface area contributed by atoms with Gasteiger partial charge in [0.1, 0.15) is 5.82 Å². The monoisotopic (exact) mass is 280 g/mol. The van der Waals surface area contributed by atoms with Crippen molar-refractivity contribution in [2.24, 2.45) is 4.99 Å². The molecule has 1 aliphatic heterocycles. The fourth-order valence-corrected chi connectivity index (χ4v) is 2.47. The molecule has 0 unspecified atom stereocenters. The molecule has 21 heavy (non-hydrogen) atoms. The molecular weight excluding hydrogens is 263 g/mol. The van der Waals surface area contributed by atoms with E-state index in [0.29, 0.717) is 5.56 Å². The molecule has 0 radical (unpaired) electrons. The Morgan fingerprint density at radius 3 is 2.67 bits per heavy atom. The summed E-state index contributed by atoms with van der Waals surface area (Å²) in [6.07, 6.45) is 3.69. The van der Waals surface area contributed by atoms with E-state index in [0.717, 1.165) is 30.1 Å². The number of benzodiazepines with no additional fused rings is 1. The van der Waals surface area contributed by atoms with E-state index < -0.39 is 0 Å². The van der Waals surface area contributed by atoms with Crippen LogP contribution in [0.4, 0.5) is 10.1 Å². The Labute approximate surface area is 124 Å². The average Bonchev–Trinajstić information content (AvgIpc) is 2.67. The molecule has 2 aromatic carbocycles. The molecule has 2 nitrogen and oxygen atoms in total. The summed E-state index contributed by atoms with van der Waals surface area (Å²) >= 11 is 0. The fraction of sp³-hybridized carbons (Fsp3) is 0.167. The standard InChI is InChI=1S/C18H17FN2/c1-21-13-12-20-17(15-7-3-5-9-18(15)21)11-10-14-6-2-4-8-16(14)19/h2-11H,12-13H2,1H3/b11-10+. The molecule has 0 atom stereocenters. The van der Waals surface area contributed by atoms with Crippen LogP contribution in [0.5, 0.6) is 0 Å². The summed E-state index contributed by atoms with van der Waals surface area (Å²) in [5, 5.41) is 0. The molecule has 0 fully saturated rings. The smallest absolute Gasteiger partial charge is 0.130 e. The summed E-state index contributed by atoms with van der Waals surface area (Å²) in [7, 11) is 2.07. The van der Waals surface area contributed by atoms with E-state index in [-0.39, 0.29) is 5.82 Å². The number of allylic oxidation sites excluding steroid dienone is 1. The minimum absolute atomic E-state index is 0.214. The van der Waals surface area contributed by atoms with Crippen LogP contribution in [0.25, 0.3) is 6.08 Å². The van der Waals surface area contributed by atoms with Gasteiger partial charge in [0.15, 0.2) is 0 Å². The van der Waals surface area contributed by atoms with Crippen LogP contribution in [0.1, 0.15) is 11.1 Å². The van der Waals surface area contributed by atoms with E-state index in [2.05, 4.69) is 29.1 Å². The highest BCUT2D eigenvalue weighted by Gasteiger charge is 2.13. The van der Waals surface area contributed by atoms with Crippen molar-refractivity contribution in [1.82, 2.24) is 0 Å². The lowest BCUT2D eigenvalue weighted by molar-refractivity contribution is 0.625. The van der Waals surface area contributed by atoms with E-state index in [1.165, 1.54) is 6.07 Å². The van der Waals surface area contributed by atoms with Crippen molar-refractivity contribution in [3.63, 3.8) is 0 Å². The van der Waals surface area contributed by atoms with Gasteiger partial charge in [-0.15, -0.1) is 0 Å². The van der Waals surface area contributed by atoms with Crippen molar-refractivity contribution in [3.05, 3.63) is 71.6 Å². The Morgan fingerprint density at radius 2 is 1.81 bits per heavy atom. The third-order valence-electron chi connectivity index (χ3n) is 3.63. The SMILES string of the molecule is CN1CCN=C(/C=C/c2ccccc2F)c2ccccc21. The maximum absolute atomic E-state index is 13.7. The highest BCUT2D eigenvalue weighted by molar-refractivity contribution is 6.14. The van der Waals surface area contributed by atoms with E-state index in [1.54, 1.807) is 18.2 Å². The fourth-order valence-electron chi connectivity index (χ4n) is 2.47. The average molecular weight is 280 g/mol.